The molecular weight excluding hydrogens is 558 g/mol. The SMILES string of the molecule is COc1ccc([C@@H]2CC(=O)C3=C(C2)NC(C)=C(C(=O)OCCOc2ccccc2)[C@@H]3c2cc3c(cc2Cl)OCO3)cc1. The lowest BCUT2D eigenvalue weighted by Gasteiger charge is -2.37. The predicted molar refractivity (Wildman–Crippen MR) is 156 cm³/mol. The molecule has 3 aliphatic rings. The van der Waals surface area contributed by atoms with Gasteiger partial charge in [-0.1, -0.05) is 41.9 Å². The lowest BCUT2D eigenvalue weighted by molar-refractivity contribution is -0.140. The average Bonchev–Trinajstić information content (AvgIpc) is 3.46. The van der Waals surface area contributed by atoms with Crippen LogP contribution in [0, 0.1) is 0 Å². The zero-order valence-corrected chi connectivity index (χ0v) is 24.0. The van der Waals surface area contributed by atoms with E-state index in [1.165, 1.54) is 0 Å². The average molecular weight is 588 g/mol. The number of rotatable bonds is 8. The third-order valence-electron chi connectivity index (χ3n) is 7.77. The number of hydrogen-bond donors (Lipinski definition) is 1. The third kappa shape index (κ3) is 5.42. The molecule has 2 atom stereocenters. The largest absolute Gasteiger partial charge is 0.497 e. The number of allylic oxidation sites excluding steroid dienone is 3. The molecule has 6 rings (SSSR count). The highest BCUT2D eigenvalue weighted by Gasteiger charge is 2.42. The Kier molecular flexibility index (Phi) is 7.80. The van der Waals surface area contributed by atoms with Gasteiger partial charge in [-0.3, -0.25) is 4.79 Å². The fourth-order valence-corrected chi connectivity index (χ4v) is 6.04. The summed E-state index contributed by atoms with van der Waals surface area (Å²) in [6, 6.07) is 20.5. The Hall–Kier alpha value is -4.43. The smallest absolute Gasteiger partial charge is 0.336 e. The molecule has 2 heterocycles. The van der Waals surface area contributed by atoms with E-state index in [4.69, 9.17) is 35.3 Å². The van der Waals surface area contributed by atoms with Gasteiger partial charge < -0.3 is 29.0 Å². The van der Waals surface area contributed by atoms with Crippen LogP contribution in [0.2, 0.25) is 5.02 Å². The molecular formula is C33H30ClNO7. The lowest BCUT2D eigenvalue weighted by Crippen LogP contribution is -2.36. The highest BCUT2D eigenvalue weighted by molar-refractivity contribution is 6.32. The number of ketones is 1. The molecule has 3 aromatic rings. The summed E-state index contributed by atoms with van der Waals surface area (Å²) in [5, 5.41) is 3.74. The van der Waals surface area contributed by atoms with Crippen LogP contribution in [-0.4, -0.2) is 38.9 Å². The van der Waals surface area contributed by atoms with Crippen molar-refractivity contribution in [1.82, 2.24) is 5.32 Å². The first-order chi connectivity index (χ1) is 20.4. The molecule has 0 fully saturated rings. The van der Waals surface area contributed by atoms with Gasteiger partial charge in [0.15, 0.2) is 17.3 Å². The first-order valence-electron chi connectivity index (χ1n) is 13.7. The van der Waals surface area contributed by atoms with Crippen molar-refractivity contribution in [3.63, 3.8) is 0 Å². The van der Waals surface area contributed by atoms with Gasteiger partial charge in [0.25, 0.3) is 0 Å². The Morgan fingerprint density at radius 2 is 1.71 bits per heavy atom. The van der Waals surface area contributed by atoms with Gasteiger partial charge in [-0.2, -0.15) is 0 Å². The minimum Gasteiger partial charge on any atom is -0.497 e. The number of para-hydroxylation sites is 1. The van der Waals surface area contributed by atoms with Crippen LogP contribution in [0.1, 0.15) is 42.7 Å². The third-order valence-corrected chi connectivity index (χ3v) is 8.09. The summed E-state index contributed by atoms with van der Waals surface area (Å²) < 4.78 is 27.8. The maximum Gasteiger partial charge on any atom is 0.336 e. The van der Waals surface area contributed by atoms with E-state index in [0.29, 0.717) is 51.1 Å². The predicted octanol–water partition coefficient (Wildman–Crippen LogP) is 6.06. The molecule has 9 heteroatoms. The summed E-state index contributed by atoms with van der Waals surface area (Å²) in [5.41, 5.74) is 3.83. The number of ether oxygens (including phenoxy) is 5. The van der Waals surface area contributed by atoms with E-state index in [2.05, 4.69) is 5.32 Å². The van der Waals surface area contributed by atoms with Crippen LogP contribution < -0.4 is 24.3 Å². The van der Waals surface area contributed by atoms with Crippen molar-refractivity contribution < 1.29 is 33.3 Å². The number of Topliss-reactive ketones (excluding diaryl/α,β-unsaturated/α-hetero) is 1. The molecule has 1 N–H and O–H groups in total. The highest BCUT2D eigenvalue weighted by atomic mass is 35.5. The van der Waals surface area contributed by atoms with Crippen LogP contribution in [0.4, 0.5) is 0 Å². The van der Waals surface area contributed by atoms with Gasteiger partial charge in [-0.15, -0.1) is 0 Å². The molecule has 0 spiro atoms. The quantitative estimate of drug-likeness (QED) is 0.251. The standard InChI is InChI=1S/C33H30ClNO7/c1-19-30(33(37)40-13-12-39-23-6-4-3-5-7-23)31(24-16-28-29(17-25(24)34)42-18-41-28)32-26(35-19)14-21(15-27(32)36)20-8-10-22(38-2)11-9-20/h3-11,16-17,21,31,35H,12-15,18H2,1-2H3/t21-,31-/m0/s1. The minimum atomic E-state index is -0.741. The maximum atomic E-state index is 13.9. The van der Waals surface area contributed by atoms with E-state index in [1.54, 1.807) is 19.2 Å². The van der Waals surface area contributed by atoms with Crippen molar-refractivity contribution in [2.75, 3.05) is 27.1 Å². The molecule has 1 aliphatic carbocycles. The Balaban J connectivity index is 1.32. The molecule has 0 bridgehead atoms. The van der Waals surface area contributed by atoms with Crippen molar-refractivity contribution in [3.05, 3.63) is 105 Å². The molecule has 0 saturated heterocycles. The number of dihydropyridines is 1. The summed E-state index contributed by atoms with van der Waals surface area (Å²) in [6.07, 6.45) is 0.883. The Labute approximate surface area is 248 Å². The topological polar surface area (TPSA) is 92.3 Å². The highest BCUT2D eigenvalue weighted by Crippen LogP contribution is 2.49. The van der Waals surface area contributed by atoms with E-state index in [0.717, 1.165) is 17.0 Å². The number of carbonyl (C=O) groups is 2. The summed E-state index contributed by atoms with van der Waals surface area (Å²) in [6.45, 7) is 2.10. The van der Waals surface area contributed by atoms with Crippen molar-refractivity contribution in [1.29, 1.82) is 0 Å². The summed E-state index contributed by atoms with van der Waals surface area (Å²) in [4.78, 5) is 27.6. The van der Waals surface area contributed by atoms with Crippen molar-refractivity contribution in [2.24, 2.45) is 0 Å². The van der Waals surface area contributed by atoms with Gasteiger partial charge in [0.1, 0.15) is 24.7 Å². The zero-order valence-electron chi connectivity index (χ0n) is 23.3. The van der Waals surface area contributed by atoms with Crippen LogP contribution in [0.5, 0.6) is 23.0 Å². The Morgan fingerprint density at radius 3 is 2.45 bits per heavy atom. The van der Waals surface area contributed by atoms with Crippen LogP contribution in [0.15, 0.2) is 89.3 Å². The second kappa shape index (κ2) is 11.8. The number of hydrogen-bond acceptors (Lipinski definition) is 8. The number of fused-ring (bicyclic) bond motifs is 1. The number of nitrogens with one attached hydrogen (secondary N) is 1. The molecule has 8 nitrogen and oxygen atoms in total. The second-order valence-corrected chi connectivity index (χ2v) is 10.7. The fourth-order valence-electron chi connectivity index (χ4n) is 5.77. The van der Waals surface area contributed by atoms with Crippen molar-refractivity contribution >= 4 is 23.4 Å². The van der Waals surface area contributed by atoms with E-state index in [1.807, 2.05) is 61.5 Å². The van der Waals surface area contributed by atoms with Crippen LogP contribution in [0.25, 0.3) is 0 Å². The summed E-state index contributed by atoms with van der Waals surface area (Å²) in [7, 11) is 1.62. The molecule has 0 saturated carbocycles. The molecule has 216 valence electrons. The van der Waals surface area contributed by atoms with Gasteiger partial charge in [0, 0.05) is 40.4 Å². The number of halogens is 1. The van der Waals surface area contributed by atoms with Gasteiger partial charge in [-0.25, -0.2) is 4.79 Å². The molecule has 42 heavy (non-hydrogen) atoms. The van der Waals surface area contributed by atoms with Crippen molar-refractivity contribution in [3.8, 4) is 23.0 Å². The molecule has 0 radical (unpaired) electrons. The number of methoxy groups -OCH3 is 1. The maximum absolute atomic E-state index is 13.9. The number of carbonyl (C=O) groups excluding carboxylic acids is 2. The second-order valence-electron chi connectivity index (χ2n) is 10.3. The normalized spacial score (nSPS) is 19.3. The van der Waals surface area contributed by atoms with Crippen LogP contribution in [-0.2, 0) is 14.3 Å². The molecule has 3 aromatic carbocycles. The molecule has 0 aromatic heterocycles. The summed E-state index contributed by atoms with van der Waals surface area (Å²) in [5.74, 6) is 1.09. The van der Waals surface area contributed by atoms with Crippen molar-refractivity contribution in [2.45, 2.75) is 31.6 Å². The van der Waals surface area contributed by atoms with E-state index in [-0.39, 0.29) is 38.1 Å². The first kappa shape index (κ1) is 27.7. The Morgan fingerprint density at radius 1 is 0.976 bits per heavy atom. The molecule has 0 amide bonds. The molecule has 0 unspecified atom stereocenters. The number of benzene rings is 3. The number of esters is 1. The van der Waals surface area contributed by atoms with E-state index in [9.17, 15) is 9.59 Å². The first-order valence-corrected chi connectivity index (χ1v) is 14.1. The Bertz CT molecular complexity index is 1580. The van der Waals surface area contributed by atoms with Gasteiger partial charge in [0.2, 0.25) is 6.79 Å². The lowest BCUT2D eigenvalue weighted by atomic mass is 9.71. The summed E-state index contributed by atoms with van der Waals surface area (Å²) >= 11 is 6.79. The fraction of sp³-hybridized carbons (Fsp3) is 0.273. The van der Waals surface area contributed by atoms with E-state index >= 15 is 0 Å². The van der Waals surface area contributed by atoms with Crippen LogP contribution >= 0.6 is 11.6 Å². The minimum absolute atomic E-state index is 0.0287. The van der Waals surface area contributed by atoms with Crippen LogP contribution in [0.3, 0.4) is 0 Å². The van der Waals surface area contributed by atoms with Gasteiger partial charge in [-0.05, 0) is 60.7 Å². The van der Waals surface area contributed by atoms with Gasteiger partial charge >= 0.3 is 5.97 Å². The van der Waals surface area contributed by atoms with E-state index < -0.39 is 11.9 Å². The molecule has 2 aliphatic heterocycles. The zero-order chi connectivity index (χ0) is 29.2. The monoisotopic (exact) mass is 587 g/mol. The van der Waals surface area contributed by atoms with Gasteiger partial charge in [0.05, 0.1) is 12.7 Å².